The first kappa shape index (κ1) is 15.5. The Labute approximate surface area is 136 Å². The molecule has 1 unspecified atom stereocenters. The maximum atomic E-state index is 6.32. The lowest BCUT2D eigenvalue weighted by molar-refractivity contribution is 0.414. The molecule has 106 valence electrons. The molecule has 0 bridgehead atoms. The molecule has 2 rings (SSSR count). The number of hydrogen-bond acceptors (Lipinski definition) is 2. The Balaban J connectivity index is 2.22. The summed E-state index contributed by atoms with van der Waals surface area (Å²) in [5.74, 6) is 0.848. The van der Waals surface area contributed by atoms with E-state index in [1.165, 1.54) is 5.56 Å². The van der Waals surface area contributed by atoms with Gasteiger partial charge in [-0.05, 0) is 54.3 Å². The van der Waals surface area contributed by atoms with Crippen LogP contribution in [-0.2, 0) is 6.42 Å². The van der Waals surface area contributed by atoms with Gasteiger partial charge in [-0.1, -0.05) is 44.0 Å². The van der Waals surface area contributed by atoms with Crippen molar-refractivity contribution in [3.63, 3.8) is 0 Å². The molecule has 0 spiro atoms. The third kappa shape index (κ3) is 3.62. The van der Waals surface area contributed by atoms with E-state index >= 15 is 0 Å². The maximum absolute atomic E-state index is 6.32. The first-order chi connectivity index (χ1) is 9.51. The van der Waals surface area contributed by atoms with Gasteiger partial charge in [0.1, 0.15) is 5.75 Å². The molecular weight excluding hydrogens is 382 g/mol. The largest absolute Gasteiger partial charge is 0.497 e. The summed E-state index contributed by atoms with van der Waals surface area (Å²) in [4.78, 5) is 0. The second kappa shape index (κ2) is 6.74. The lowest BCUT2D eigenvalue weighted by Gasteiger charge is -2.15. The Morgan fingerprint density at radius 3 is 2.50 bits per heavy atom. The van der Waals surface area contributed by atoms with Gasteiger partial charge >= 0.3 is 0 Å². The molecule has 20 heavy (non-hydrogen) atoms. The molecule has 0 saturated heterocycles. The standard InChI is InChI=1S/C16H17Br2NO/c1-10-3-4-11(8-15(10)18)16(19)9-12-7-13(20-2)5-6-14(12)17/h3-8,16H,9,19H2,1-2H3. The zero-order valence-electron chi connectivity index (χ0n) is 11.5. The van der Waals surface area contributed by atoms with E-state index in [-0.39, 0.29) is 6.04 Å². The Morgan fingerprint density at radius 1 is 1.10 bits per heavy atom. The van der Waals surface area contributed by atoms with Gasteiger partial charge < -0.3 is 10.5 Å². The molecule has 0 aliphatic carbocycles. The van der Waals surface area contributed by atoms with Gasteiger partial charge in [-0.15, -0.1) is 0 Å². The maximum Gasteiger partial charge on any atom is 0.119 e. The fourth-order valence-corrected chi connectivity index (χ4v) is 2.83. The molecule has 0 aromatic heterocycles. The molecule has 0 saturated carbocycles. The molecule has 0 amide bonds. The average molecular weight is 399 g/mol. The van der Waals surface area contributed by atoms with E-state index in [4.69, 9.17) is 10.5 Å². The smallest absolute Gasteiger partial charge is 0.119 e. The van der Waals surface area contributed by atoms with Crippen LogP contribution in [0, 0.1) is 6.92 Å². The fraction of sp³-hybridized carbons (Fsp3) is 0.250. The van der Waals surface area contributed by atoms with Gasteiger partial charge in [-0.25, -0.2) is 0 Å². The van der Waals surface area contributed by atoms with E-state index in [0.29, 0.717) is 0 Å². The number of rotatable bonds is 4. The van der Waals surface area contributed by atoms with Gasteiger partial charge in [0.25, 0.3) is 0 Å². The van der Waals surface area contributed by atoms with Crippen LogP contribution in [0.3, 0.4) is 0 Å². The number of ether oxygens (including phenoxy) is 1. The van der Waals surface area contributed by atoms with Crippen molar-refractivity contribution in [3.05, 3.63) is 62.0 Å². The highest BCUT2D eigenvalue weighted by molar-refractivity contribution is 9.10. The number of nitrogens with two attached hydrogens (primary N) is 1. The van der Waals surface area contributed by atoms with Crippen LogP contribution in [0.25, 0.3) is 0 Å². The van der Waals surface area contributed by atoms with Crippen molar-refractivity contribution in [1.29, 1.82) is 0 Å². The zero-order valence-corrected chi connectivity index (χ0v) is 14.7. The first-order valence-corrected chi connectivity index (χ1v) is 7.94. The molecule has 2 aromatic carbocycles. The van der Waals surface area contributed by atoms with E-state index in [1.807, 2.05) is 18.2 Å². The molecule has 1 atom stereocenters. The van der Waals surface area contributed by atoms with Crippen molar-refractivity contribution in [3.8, 4) is 5.75 Å². The summed E-state index contributed by atoms with van der Waals surface area (Å²) in [5.41, 5.74) is 9.80. The Hall–Kier alpha value is -0.840. The van der Waals surface area contributed by atoms with Gasteiger partial charge in [0.05, 0.1) is 7.11 Å². The SMILES string of the molecule is COc1ccc(Br)c(CC(N)c2ccc(C)c(Br)c2)c1. The minimum atomic E-state index is -0.0460. The number of hydrogen-bond donors (Lipinski definition) is 1. The average Bonchev–Trinajstić information content (AvgIpc) is 2.44. The molecule has 2 nitrogen and oxygen atoms in total. The van der Waals surface area contributed by atoms with E-state index in [2.05, 4.69) is 57.0 Å². The van der Waals surface area contributed by atoms with Gasteiger partial charge in [-0.2, -0.15) is 0 Å². The van der Waals surface area contributed by atoms with E-state index in [1.54, 1.807) is 7.11 Å². The van der Waals surface area contributed by atoms with Crippen LogP contribution in [0.1, 0.15) is 22.7 Å². The van der Waals surface area contributed by atoms with Crippen LogP contribution in [-0.4, -0.2) is 7.11 Å². The molecule has 2 aromatic rings. The quantitative estimate of drug-likeness (QED) is 0.804. The lowest BCUT2D eigenvalue weighted by atomic mass is 9.99. The van der Waals surface area contributed by atoms with Crippen LogP contribution in [0.5, 0.6) is 5.75 Å². The van der Waals surface area contributed by atoms with Crippen LogP contribution in [0.4, 0.5) is 0 Å². The lowest BCUT2D eigenvalue weighted by Crippen LogP contribution is -2.13. The summed E-state index contributed by atoms with van der Waals surface area (Å²) >= 11 is 7.12. The first-order valence-electron chi connectivity index (χ1n) is 6.35. The number of halogens is 2. The Morgan fingerprint density at radius 2 is 1.85 bits per heavy atom. The molecular formula is C16H17Br2NO. The van der Waals surface area contributed by atoms with Gasteiger partial charge in [0.15, 0.2) is 0 Å². The van der Waals surface area contributed by atoms with Crippen molar-refractivity contribution in [2.45, 2.75) is 19.4 Å². The predicted molar refractivity (Wildman–Crippen MR) is 90.2 cm³/mol. The van der Waals surface area contributed by atoms with Gasteiger partial charge in [0, 0.05) is 15.0 Å². The van der Waals surface area contributed by atoms with Crippen molar-refractivity contribution in [2.75, 3.05) is 7.11 Å². The van der Waals surface area contributed by atoms with Crippen LogP contribution < -0.4 is 10.5 Å². The predicted octanol–water partition coefficient (Wildman–Crippen LogP) is 4.77. The molecule has 0 aliphatic rings. The van der Waals surface area contributed by atoms with Crippen LogP contribution in [0.2, 0.25) is 0 Å². The van der Waals surface area contributed by atoms with Crippen molar-refractivity contribution >= 4 is 31.9 Å². The molecule has 0 aliphatic heterocycles. The normalized spacial score (nSPS) is 12.2. The van der Waals surface area contributed by atoms with Crippen molar-refractivity contribution < 1.29 is 4.74 Å². The summed E-state index contributed by atoms with van der Waals surface area (Å²) in [6.07, 6.45) is 0.757. The topological polar surface area (TPSA) is 35.2 Å². The second-order valence-corrected chi connectivity index (χ2v) is 6.49. The molecule has 0 radical (unpaired) electrons. The highest BCUT2D eigenvalue weighted by Crippen LogP contribution is 2.28. The Bertz CT molecular complexity index is 613. The highest BCUT2D eigenvalue weighted by Gasteiger charge is 2.11. The minimum absolute atomic E-state index is 0.0460. The zero-order chi connectivity index (χ0) is 14.7. The number of aryl methyl sites for hydroxylation is 1. The van der Waals surface area contributed by atoms with Crippen LogP contribution >= 0.6 is 31.9 Å². The van der Waals surface area contributed by atoms with E-state index < -0.39 is 0 Å². The molecule has 4 heteroatoms. The molecule has 2 N–H and O–H groups in total. The Kier molecular flexibility index (Phi) is 5.24. The summed E-state index contributed by atoms with van der Waals surface area (Å²) in [5, 5.41) is 0. The molecule has 0 heterocycles. The van der Waals surface area contributed by atoms with Gasteiger partial charge in [-0.3, -0.25) is 0 Å². The summed E-state index contributed by atoms with van der Waals surface area (Å²) in [6, 6.07) is 12.2. The summed E-state index contributed by atoms with van der Waals surface area (Å²) in [7, 11) is 1.67. The van der Waals surface area contributed by atoms with Crippen molar-refractivity contribution in [2.24, 2.45) is 5.73 Å². The summed E-state index contributed by atoms with van der Waals surface area (Å²) in [6.45, 7) is 2.07. The van der Waals surface area contributed by atoms with E-state index in [9.17, 15) is 0 Å². The third-order valence-electron chi connectivity index (χ3n) is 3.32. The van der Waals surface area contributed by atoms with Gasteiger partial charge in [0.2, 0.25) is 0 Å². The van der Waals surface area contributed by atoms with Crippen molar-refractivity contribution in [1.82, 2.24) is 0 Å². The monoisotopic (exact) mass is 397 g/mol. The fourth-order valence-electron chi connectivity index (χ4n) is 2.03. The number of methoxy groups -OCH3 is 1. The second-order valence-electron chi connectivity index (χ2n) is 4.78. The summed E-state index contributed by atoms with van der Waals surface area (Å²) < 4.78 is 7.41. The highest BCUT2D eigenvalue weighted by atomic mass is 79.9. The third-order valence-corrected chi connectivity index (χ3v) is 4.94. The minimum Gasteiger partial charge on any atom is -0.497 e. The number of benzene rings is 2. The van der Waals surface area contributed by atoms with E-state index in [0.717, 1.165) is 32.2 Å². The molecule has 0 fully saturated rings. The van der Waals surface area contributed by atoms with Crippen LogP contribution in [0.15, 0.2) is 45.3 Å².